The summed E-state index contributed by atoms with van der Waals surface area (Å²) >= 11 is 0. The number of nitrogens with one attached hydrogen (secondary N) is 1. The van der Waals surface area contributed by atoms with E-state index >= 15 is 0 Å². The van der Waals surface area contributed by atoms with Crippen LogP contribution in [0.2, 0.25) is 0 Å². The van der Waals surface area contributed by atoms with Crippen molar-refractivity contribution < 1.29 is 9.53 Å². The summed E-state index contributed by atoms with van der Waals surface area (Å²) in [6.07, 6.45) is 4.37. The lowest BCUT2D eigenvalue weighted by molar-refractivity contribution is 0.190. The lowest BCUT2D eigenvalue weighted by Gasteiger charge is -2.30. The van der Waals surface area contributed by atoms with Gasteiger partial charge in [-0.05, 0) is 68.7 Å². The number of hydrogen-bond donors (Lipinski definition) is 1. The van der Waals surface area contributed by atoms with E-state index in [0.717, 1.165) is 29.0 Å². The van der Waals surface area contributed by atoms with E-state index in [1.165, 1.54) is 0 Å². The van der Waals surface area contributed by atoms with Crippen molar-refractivity contribution in [1.82, 2.24) is 9.88 Å². The first-order valence-corrected chi connectivity index (χ1v) is 8.81. The van der Waals surface area contributed by atoms with E-state index in [0.29, 0.717) is 13.2 Å². The maximum Gasteiger partial charge on any atom is 0.322 e. The molecule has 1 aromatic carbocycles. The zero-order chi connectivity index (χ0) is 18.2. The maximum absolute atomic E-state index is 12.8. The Morgan fingerprint density at radius 3 is 2.48 bits per heavy atom. The van der Waals surface area contributed by atoms with Gasteiger partial charge in [-0.15, -0.1) is 0 Å². The molecule has 0 aliphatic carbocycles. The van der Waals surface area contributed by atoms with Gasteiger partial charge < -0.3 is 15.0 Å². The van der Waals surface area contributed by atoms with Crippen LogP contribution in [0.3, 0.4) is 0 Å². The van der Waals surface area contributed by atoms with Crippen LogP contribution in [-0.4, -0.2) is 29.1 Å². The zero-order valence-corrected chi connectivity index (χ0v) is 15.5. The predicted molar refractivity (Wildman–Crippen MR) is 101 cm³/mol. The Balaban J connectivity index is 2.17. The first-order valence-electron chi connectivity index (χ1n) is 8.81. The van der Waals surface area contributed by atoms with E-state index in [4.69, 9.17) is 4.74 Å². The van der Waals surface area contributed by atoms with E-state index in [1.807, 2.05) is 56.0 Å². The third kappa shape index (κ3) is 4.72. The Hall–Kier alpha value is -2.56. The molecule has 2 amide bonds. The van der Waals surface area contributed by atoms with Gasteiger partial charge in [0.05, 0.1) is 12.6 Å². The summed E-state index contributed by atoms with van der Waals surface area (Å²) in [4.78, 5) is 18.8. The van der Waals surface area contributed by atoms with Crippen LogP contribution in [0.5, 0.6) is 5.75 Å². The molecule has 5 heteroatoms. The molecule has 0 aliphatic rings. The third-order valence-electron chi connectivity index (χ3n) is 4.21. The van der Waals surface area contributed by atoms with Gasteiger partial charge in [-0.2, -0.15) is 0 Å². The van der Waals surface area contributed by atoms with Gasteiger partial charge in [0.15, 0.2) is 0 Å². The van der Waals surface area contributed by atoms with E-state index in [9.17, 15) is 4.79 Å². The molecule has 134 valence electrons. The molecular formula is C20H27N3O2. The number of benzene rings is 1. The molecular weight excluding hydrogens is 314 g/mol. The number of aryl methyl sites for hydroxylation is 1. The maximum atomic E-state index is 12.8. The van der Waals surface area contributed by atoms with Crippen molar-refractivity contribution in [1.29, 1.82) is 0 Å². The molecule has 0 radical (unpaired) electrons. The first kappa shape index (κ1) is 18.8. The predicted octanol–water partition coefficient (Wildman–Crippen LogP) is 4.79. The lowest BCUT2D eigenvalue weighted by atomic mass is 10.0. The highest BCUT2D eigenvalue weighted by Crippen LogP contribution is 2.26. The van der Waals surface area contributed by atoms with Crippen LogP contribution in [0.1, 0.15) is 44.4 Å². The van der Waals surface area contributed by atoms with Crippen molar-refractivity contribution in [2.75, 3.05) is 18.5 Å². The van der Waals surface area contributed by atoms with E-state index in [-0.39, 0.29) is 12.1 Å². The van der Waals surface area contributed by atoms with Gasteiger partial charge in [-0.3, -0.25) is 4.98 Å². The number of aromatic nitrogens is 1. The average Bonchev–Trinajstić information content (AvgIpc) is 2.62. The summed E-state index contributed by atoms with van der Waals surface area (Å²) in [5.74, 6) is 0.813. The summed E-state index contributed by atoms with van der Waals surface area (Å²) in [5, 5.41) is 3.03. The molecule has 1 N–H and O–H groups in total. The second kappa shape index (κ2) is 9.06. The van der Waals surface area contributed by atoms with Gasteiger partial charge in [-0.25, -0.2) is 4.79 Å². The smallest absolute Gasteiger partial charge is 0.322 e. The van der Waals surface area contributed by atoms with Crippen molar-refractivity contribution in [3.63, 3.8) is 0 Å². The van der Waals surface area contributed by atoms with Crippen molar-refractivity contribution in [2.24, 2.45) is 0 Å². The monoisotopic (exact) mass is 341 g/mol. The summed E-state index contributed by atoms with van der Waals surface area (Å²) < 4.78 is 5.50. The number of urea groups is 1. The van der Waals surface area contributed by atoms with Crippen LogP contribution in [0.25, 0.3) is 0 Å². The second-order valence-electron chi connectivity index (χ2n) is 5.83. The summed E-state index contributed by atoms with van der Waals surface area (Å²) in [6.45, 7) is 9.25. The van der Waals surface area contributed by atoms with Gasteiger partial charge in [0, 0.05) is 24.6 Å². The number of nitrogens with zero attached hydrogens (tertiary/aromatic N) is 2. The van der Waals surface area contributed by atoms with Crippen molar-refractivity contribution in [3.8, 4) is 5.75 Å². The average molecular weight is 341 g/mol. The number of anilines is 1. The molecule has 0 saturated carbocycles. The SMILES string of the molecule is CCOc1ccc(NC(=O)N(CC)[C@H](CC)c2ccncc2)c(C)c1. The fourth-order valence-corrected chi connectivity index (χ4v) is 2.95. The van der Waals surface area contributed by atoms with Gasteiger partial charge in [0.1, 0.15) is 5.75 Å². The van der Waals surface area contributed by atoms with Crippen molar-refractivity contribution >= 4 is 11.7 Å². The van der Waals surface area contributed by atoms with E-state index in [1.54, 1.807) is 12.4 Å². The van der Waals surface area contributed by atoms with Gasteiger partial charge in [0.2, 0.25) is 0 Å². The number of carbonyl (C=O) groups excluding carboxylic acids is 1. The first-order chi connectivity index (χ1) is 12.1. The largest absolute Gasteiger partial charge is 0.494 e. The third-order valence-corrected chi connectivity index (χ3v) is 4.21. The number of pyridine rings is 1. The molecule has 5 nitrogen and oxygen atoms in total. The topological polar surface area (TPSA) is 54.5 Å². The normalized spacial score (nSPS) is 11.7. The Kier molecular flexibility index (Phi) is 6.81. The molecule has 2 aromatic rings. The lowest BCUT2D eigenvalue weighted by Crippen LogP contribution is -2.38. The van der Waals surface area contributed by atoms with Gasteiger partial charge in [0.25, 0.3) is 0 Å². The molecule has 1 aromatic heterocycles. The number of amides is 2. The summed E-state index contributed by atoms with van der Waals surface area (Å²) in [6, 6.07) is 9.56. The standard InChI is InChI=1S/C20H27N3O2/c1-5-19(16-10-12-21-13-11-16)23(6-2)20(24)22-18-9-8-17(25-7-3)14-15(18)4/h8-14,19H,5-7H2,1-4H3,(H,22,24)/t19-/m1/s1. The van der Waals surface area contributed by atoms with Crippen molar-refractivity contribution in [2.45, 2.75) is 40.2 Å². The zero-order valence-electron chi connectivity index (χ0n) is 15.5. The molecule has 0 spiro atoms. The van der Waals surface area contributed by atoms with Crippen LogP contribution in [0, 0.1) is 6.92 Å². The minimum atomic E-state index is -0.0987. The molecule has 25 heavy (non-hydrogen) atoms. The molecule has 0 saturated heterocycles. The minimum Gasteiger partial charge on any atom is -0.494 e. The fourth-order valence-electron chi connectivity index (χ4n) is 2.95. The Labute approximate surface area is 150 Å². The van der Waals surface area contributed by atoms with Crippen molar-refractivity contribution in [3.05, 3.63) is 53.9 Å². The van der Waals surface area contributed by atoms with Crippen LogP contribution >= 0.6 is 0 Å². The fraction of sp³-hybridized carbons (Fsp3) is 0.400. The molecule has 0 aliphatic heterocycles. The van der Waals surface area contributed by atoms with Gasteiger partial charge in [-0.1, -0.05) is 6.92 Å². The van der Waals surface area contributed by atoms with Crippen LogP contribution in [0.4, 0.5) is 10.5 Å². The Morgan fingerprint density at radius 1 is 1.20 bits per heavy atom. The highest BCUT2D eigenvalue weighted by Gasteiger charge is 2.22. The van der Waals surface area contributed by atoms with Crippen LogP contribution < -0.4 is 10.1 Å². The molecule has 0 bridgehead atoms. The van der Waals surface area contributed by atoms with Crippen LogP contribution in [-0.2, 0) is 0 Å². The second-order valence-corrected chi connectivity index (χ2v) is 5.83. The Morgan fingerprint density at radius 2 is 1.92 bits per heavy atom. The summed E-state index contributed by atoms with van der Waals surface area (Å²) in [7, 11) is 0. The van der Waals surface area contributed by atoms with Crippen LogP contribution in [0.15, 0.2) is 42.7 Å². The number of ether oxygens (including phenoxy) is 1. The molecule has 1 heterocycles. The highest BCUT2D eigenvalue weighted by atomic mass is 16.5. The van der Waals surface area contributed by atoms with E-state index < -0.39 is 0 Å². The summed E-state index contributed by atoms with van der Waals surface area (Å²) in [5.41, 5.74) is 2.88. The molecule has 2 rings (SSSR count). The highest BCUT2D eigenvalue weighted by molar-refractivity contribution is 5.90. The quantitative estimate of drug-likeness (QED) is 0.787. The number of hydrogen-bond acceptors (Lipinski definition) is 3. The minimum absolute atomic E-state index is 0.0241. The Bertz CT molecular complexity index is 689. The number of rotatable bonds is 7. The molecule has 1 atom stereocenters. The van der Waals surface area contributed by atoms with E-state index in [2.05, 4.69) is 17.2 Å². The van der Waals surface area contributed by atoms with Gasteiger partial charge >= 0.3 is 6.03 Å². The molecule has 0 unspecified atom stereocenters. The number of carbonyl (C=O) groups is 1. The molecule has 0 fully saturated rings.